The molecule has 0 saturated heterocycles. The number of nitrogens with zero attached hydrogens (tertiary/aromatic N) is 2. The van der Waals surface area contributed by atoms with E-state index in [2.05, 4.69) is 30.6 Å². The van der Waals surface area contributed by atoms with Crippen LogP contribution >= 0.6 is 27.5 Å². The minimum Gasteiger partial charge on any atom is -0.439 e. The fraction of sp³-hybridized carbons (Fsp3) is 0.133. The maximum Gasteiger partial charge on any atom is 0.225 e. The molecule has 0 saturated carbocycles. The number of halogens is 1. The lowest BCUT2D eigenvalue weighted by atomic mass is 10.2. The zero-order valence-electron chi connectivity index (χ0n) is 11.5. The molecule has 0 aliphatic carbocycles. The maximum absolute atomic E-state index is 11.8. The van der Waals surface area contributed by atoms with Crippen LogP contribution in [0.1, 0.15) is 10.8 Å². The van der Waals surface area contributed by atoms with E-state index in [1.807, 2.05) is 30.3 Å². The number of oxazole rings is 1. The third kappa shape index (κ3) is 3.80. The molecule has 7 heteroatoms. The molecule has 0 spiro atoms. The van der Waals surface area contributed by atoms with Crippen molar-refractivity contribution in [3.8, 4) is 11.3 Å². The van der Waals surface area contributed by atoms with Crippen molar-refractivity contribution < 1.29 is 9.21 Å². The van der Waals surface area contributed by atoms with Crippen LogP contribution in [0.25, 0.3) is 11.3 Å². The Kier molecular flexibility index (Phi) is 4.65. The lowest BCUT2D eigenvalue weighted by Gasteiger charge is -2.01. The molecule has 0 radical (unpaired) electrons. The van der Waals surface area contributed by atoms with E-state index < -0.39 is 0 Å². The smallest absolute Gasteiger partial charge is 0.225 e. The van der Waals surface area contributed by atoms with E-state index >= 15 is 0 Å². The standard InChI is InChI=1S/C15H12BrN3O2S/c16-11-3-1-2-10(6-11)13-8-18-15(21-13)9-17-14(20)7-12-4-5-19-22-12/h1-6,8H,7,9H2,(H,17,20). The molecule has 0 bridgehead atoms. The van der Waals surface area contributed by atoms with Gasteiger partial charge in [-0.15, -0.1) is 0 Å². The zero-order valence-corrected chi connectivity index (χ0v) is 13.9. The van der Waals surface area contributed by atoms with Gasteiger partial charge in [-0.1, -0.05) is 28.1 Å². The summed E-state index contributed by atoms with van der Waals surface area (Å²) in [5.74, 6) is 1.08. The van der Waals surface area contributed by atoms with Crippen LogP contribution in [0.15, 0.2) is 51.6 Å². The normalized spacial score (nSPS) is 10.6. The molecule has 2 aromatic heterocycles. The maximum atomic E-state index is 11.8. The number of nitrogens with one attached hydrogen (secondary N) is 1. The van der Waals surface area contributed by atoms with Crippen molar-refractivity contribution in [2.45, 2.75) is 13.0 Å². The van der Waals surface area contributed by atoms with Crippen LogP contribution < -0.4 is 5.32 Å². The Morgan fingerprint density at radius 3 is 3.05 bits per heavy atom. The fourth-order valence-electron chi connectivity index (χ4n) is 1.90. The average molecular weight is 378 g/mol. The van der Waals surface area contributed by atoms with Crippen molar-refractivity contribution in [3.05, 3.63) is 58.0 Å². The summed E-state index contributed by atoms with van der Waals surface area (Å²) < 4.78 is 10.6. The van der Waals surface area contributed by atoms with Crippen molar-refractivity contribution >= 4 is 33.4 Å². The Labute approximate surface area is 139 Å². The van der Waals surface area contributed by atoms with E-state index in [1.54, 1.807) is 12.4 Å². The van der Waals surface area contributed by atoms with Crippen LogP contribution in [-0.2, 0) is 17.8 Å². The Bertz CT molecular complexity index is 771. The second-order valence-electron chi connectivity index (χ2n) is 4.56. The first-order valence-corrected chi connectivity index (χ1v) is 8.14. The van der Waals surface area contributed by atoms with Crippen LogP contribution in [0.4, 0.5) is 0 Å². The number of aromatic nitrogens is 2. The molecular formula is C15H12BrN3O2S. The van der Waals surface area contributed by atoms with Crippen molar-refractivity contribution in [2.75, 3.05) is 0 Å². The molecular weight excluding hydrogens is 366 g/mol. The first-order chi connectivity index (χ1) is 10.7. The number of amides is 1. The van der Waals surface area contributed by atoms with Gasteiger partial charge in [-0.3, -0.25) is 4.79 Å². The van der Waals surface area contributed by atoms with Gasteiger partial charge in [-0.2, -0.15) is 0 Å². The van der Waals surface area contributed by atoms with Crippen LogP contribution in [0.3, 0.4) is 0 Å². The molecule has 2 heterocycles. The summed E-state index contributed by atoms with van der Waals surface area (Å²) in [7, 11) is 0. The summed E-state index contributed by atoms with van der Waals surface area (Å²) in [6.07, 6.45) is 3.67. The lowest BCUT2D eigenvalue weighted by Crippen LogP contribution is -2.24. The van der Waals surface area contributed by atoms with Crippen molar-refractivity contribution in [3.63, 3.8) is 0 Å². The molecule has 3 rings (SSSR count). The summed E-state index contributed by atoms with van der Waals surface area (Å²) >= 11 is 4.74. The fourth-order valence-corrected chi connectivity index (χ4v) is 2.87. The molecule has 1 aromatic carbocycles. The minimum atomic E-state index is -0.0774. The van der Waals surface area contributed by atoms with Gasteiger partial charge in [0.05, 0.1) is 19.2 Å². The Hall–Kier alpha value is -1.99. The second kappa shape index (κ2) is 6.85. The second-order valence-corrected chi connectivity index (χ2v) is 6.39. The summed E-state index contributed by atoms with van der Waals surface area (Å²) in [6.45, 7) is 0.269. The van der Waals surface area contributed by atoms with Gasteiger partial charge in [0.1, 0.15) is 0 Å². The third-order valence-electron chi connectivity index (χ3n) is 2.93. The van der Waals surface area contributed by atoms with Gasteiger partial charge in [0.25, 0.3) is 0 Å². The predicted molar refractivity (Wildman–Crippen MR) is 87.3 cm³/mol. The van der Waals surface area contributed by atoms with Crippen molar-refractivity contribution in [1.82, 2.24) is 14.7 Å². The van der Waals surface area contributed by atoms with Crippen LogP contribution in [0, 0.1) is 0 Å². The van der Waals surface area contributed by atoms with Gasteiger partial charge < -0.3 is 9.73 Å². The Balaban J connectivity index is 1.59. The number of hydrogen-bond donors (Lipinski definition) is 1. The van der Waals surface area contributed by atoms with Gasteiger partial charge in [-0.25, -0.2) is 9.36 Å². The zero-order chi connectivity index (χ0) is 15.4. The van der Waals surface area contributed by atoms with Crippen LogP contribution in [0.2, 0.25) is 0 Å². The molecule has 1 amide bonds. The number of rotatable bonds is 5. The van der Waals surface area contributed by atoms with Crippen LogP contribution in [-0.4, -0.2) is 15.3 Å². The highest BCUT2D eigenvalue weighted by molar-refractivity contribution is 9.10. The largest absolute Gasteiger partial charge is 0.439 e. The number of hydrogen-bond acceptors (Lipinski definition) is 5. The molecule has 0 atom stereocenters. The first-order valence-electron chi connectivity index (χ1n) is 6.57. The van der Waals surface area contributed by atoms with Gasteiger partial charge in [0, 0.05) is 21.1 Å². The van der Waals surface area contributed by atoms with E-state index in [4.69, 9.17) is 4.42 Å². The van der Waals surface area contributed by atoms with Gasteiger partial charge in [0.15, 0.2) is 5.76 Å². The first kappa shape index (κ1) is 14.9. The molecule has 0 aliphatic rings. The van der Waals surface area contributed by atoms with E-state index in [0.29, 0.717) is 18.1 Å². The molecule has 0 fully saturated rings. The average Bonchev–Trinajstić information content (AvgIpc) is 3.16. The molecule has 112 valence electrons. The highest BCUT2D eigenvalue weighted by Gasteiger charge is 2.09. The van der Waals surface area contributed by atoms with Gasteiger partial charge >= 0.3 is 0 Å². The highest BCUT2D eigenvalue weighted by Crippen LogP contribution is 2.23. The molecule has 1 N–H and O–H groups in total. The number of carbonyl (C=O) groups is 1. The van der Waals surface area contributed by atoms with E-state index in [9.17, 15) is 4.79 Å². The Morgan fingerprint density at radius 2 is 2.27 bits per heavy atom. The molecule has 3 aromatic rings. The van der Waals surface area contributed by atoms with E-state index in [1.165, 1.54) is 11.5 Å². The van der Waals surface area contributed by atoms with E-state index in [-0.39, 0.29) is 12.5 Å². The topological polar surface area (TPSA) is 68.0 Å². The van der Waals surface area contributed by atoms with Gasteiger partial charge in [-0.05, 0) is 29.7 Å². The summed E-state index contributed by atoms with van der Waals surface area (Å²) in [5, 5.41) is 2.79. The Morgan fingerprint density at radius 1 is 1.36 bits per heavy atom. The highest BCUT2D eigenvalue weighted by atomic mass is 79.9. The van der Waals surface area contributed by atoms with Crippen molar-refractivity contribution in [1.29, 1.82) is 0 Å². The molecule has 0 unspecified atom stereocenters. The van der Waals surface area contributed by atoms with Crippen LogP contribution in [0.5, 0.6) is 0 Å². The molecule has 22 heavy (non-hydrogen) atoms. The number of carbonyl (C=O) groups excluding carboxylic acids is 1. The predicted octanol–water partition coefficient (Wildman–Crippen LogP) is 3.42. The SMILES string of the molecule is O=C(Cc1ccns1)NCc1ncc(-c2cccc(Br)c2)o1. The monoisotopic (exact) mass is 377 g/mol. The summed E-state index contributed by atoms with van der Waals surface area (Å²) in [6, 6.07) is 9.60. The summed E-state index contributed by atoms with van der Waals surface area (Å²) in [4.78, 5) is 16.9. The molecule has 5 nitrogen and oxygen atoms in total. The third-order valence-corrected chi connectivity index (χ3v) is 4.16. The van der Waals surface area contributed by atoms with Gasteiger partial charge in [0.2, 0.25) is 11.8 Å². The lowest BCUT2D eigenvalue weighted by molar-refractivity contribution is -0.120. The molecule has 0 aliphatic heterocycles. The quantitative estimate of drug-likeness (QED) is 0.739. The van der Waals surface area contributed by atoms with Crippen molar-refractivity contribution in [2.24, 2.45) is 0 Å². The summed E-state index contributed by atoms with van der Waals surface area (Å²) in [5.41, 5.74) is 0.934. The van der Waals surface area contributed by atoms with E-state index in [0.717, 1.165) is 14.9 Å². The number of benzene rings is 1. The minimum absolute atomic E-state index is 0.0774.